The number of hydrogen-bond donors (Lipinski definition) is 0. The Bertz CT molecular complexity index is 622. The number of benzene rings is 2. The van der Waals surface area contributed by atoms with Crippen LogP contribution in [-0.2, 0) is 13.1 Å². The van der Waals surface area contributed by atoms with E-state index >= 15 is 0 Å². The molecule has 1 saturated carbocycles. The van der Waals surface area contributed by atoms with E-state index in [4.69, 9.17) is 0 Å². The van der Waals surface area contributed by atoms with Gasteiger partial charge in [-0.1, -0.05) is 79.9 Å². The van der Waals surface area contributed by atoms with Crippen LogP contribution in [0.15, 0.2) is 60.7 Å². The van der Waals surface area contributed by atoms with Gasteiger partial charge < -0.3 is 0 Å². The second kappa shape index (κ2) is 8.37. The molecule has 0 aromatic heterocycles. The average Bonchev–Trinajstić information content (AvgIpc) is 3.50. The lowest BCUT2D eigenvalue weighted by atomic mass is 9.95. The van der Waals surface area contributed by atoms with Crippen LogP contribution >= 0.6 is 0 Å². The standard InChI is InChI=1S/C24H32N2/c1-20(24-19-26(24)23-15-9-4-10-16-23)25(17-21-11-5-2-6-12-21)18-22-13-7-3-8-14-22/h2-3,5-8,11-14,20,23-24H,4,9-10,15-19H2,1H3/t20-,24-,26?/m0/s1. The smallest absolute Gasteiger partial charge is 0.0380 e. The van der Waals surface area contributed by atoms with Crippen molar-refractivity contribution in [1.29, 1.82) is 0 Å². The summed E-state index contributed by atoms with van der Waals surface area (Å²) in [6, 6.07) is 24.1. The highest BCUT2D eigenvalue weighted by Crippen LogP contribution is 2.34. The van der Waals surface area contributed by atoms with Crippen LogP contribution < -0.4 is 0 Å². The van der Waals surface area contributed by atoms with Crippen molar-refractivity contribution >= 4 is 0 Å². The van der Waals surface area contributed by atoms with Crippen LogP contribution in [0, 0.1) is 0 Å². The zero-order valence-corrected chi connectivity index (χ0v) is 16.1. The van der Waals surface area contributed by atoms with Crippen molar-refractivity contribution in [3.63, 3.8) is 0 Å². The lowest BCUT2D eigenvalue weighted by Crippen LogP contribution is -2.39. The van der Waals surface area contributed by atoms with E-state index in [1.165, 1.54) is 49.8 Å². The van der Waals surface area contributed by atoms with Gasteiger partial charge >= 0.3 is 0 Å². The van der Waals surface area contributed by atoms with Gasteiger partial charge in [0.05, 0.1) is 0 Å². The molecule has 0 spiro atoms. The first kappa shape index (κ1) is 17.8. The predicted octanol–water partition coefficient (Wildman–Crippen LogP) is 5.09. The highest BCUT2D eigenvalue weighted by atomic mass is 15.4. The second-order valence-electron chi connectivity index (χ2n) is 8.17. The predicted molar refractivity (Wildman–Crippen MR) is 109 cm³/mol. The molecule has 1 saturated heterocycles. The summed E-state index contributed by atoms with van der Waals surface area (Å²) in [6.45, 7) is 5.81. The maximum absolute atomic E-state index is 2.78. The minimum atomic E-state index is 0.595. The quantitative estimate of drug-likeness (QED) is 0.643. The van der Waals surface area contributed by atoms with Crippen LogP contribution in [0.2, 0.25) is 0 Å². The molecule has 1 aliphatic heterocycles. The zero-order valence-electron chi connectivity index (χ0n) is 16.1. The fourth-order valence-corrected chi connectivity index (χ4v) is 4.65. The van der Waals surface area contributed by atoms with E-state index in [1.807, 2.05) is 0 Å². The minimum absolute atomic E-state index is 0.595. The third-order valence-corrected chi connectivity index (χ3v) is 6.32. The first-order valence-electron chi connectivity index (χ1n) is 10.4. The summed E-state index contributed by atoms with van der Waals surface area (Å²) in [5.74, 6) is 0. The van der Waals surface area contributed by atoms with Crippen molar-refractivity contribution in [3.05, 3.63) is 71.8 Å². The maximum atomic E-state index is 2.78. The summed E-state index contributed by atoms with van der Waals surface area (Å²) < 4.78 is 0. The minimum Gasteiger partial charge on any atom is -0.293 e. The Balaban J connectivity index is 1.45. The van der Waals surface area contributed by atoms with E-state index in [-0.39, 0.29) is 0 Å². The van der Waals surface area contributed by atoms with Gasteiger partial charge in [0.25, 0.3) is 0 Å². The van der Waals surface area contributed by atoms with E-state index in [1.54, 1.807) is 0 Å². The van der Waals surface area contributed by atoms with E-state index < -0.39 is 0 Å². The van der Waals surface area contributed by atoms with E-state index in [2.05, 4.69) is 77.4 Å². The molecule has 0 radical (unpaired) electrons. The molecule has 4 rings (SSSR count). The van der Waals surface area contributed by atoms with Gasteiger partial charge in [0.15, 0.2) is 0 Å². The first-order chi connectivity index (χ1) is 12.8. The highest BCUT2D eigenvalue weighted by molar-refractivity contribution is 5.18. The van der Waals surface area contributed by atoms with Crippen molar-refractivity contribution in [1.82, 2.24) is 9.80 Å². The highest BCUT2D eigenvalue weighted by Gasteiger charge is 2.44. The lowest BCUT2D eigenvalue weighted by Gasteiger charge is -2.31. The summed E-state index contributed by atoms with van der Waals surface area (Å²) in [5.41, 5.74) is 2.83. The number of rotatable bonds is 7. The molecule has 0 N–H and O–H groups in total. The molecule has 3 atom stereocenters. The van der Waals surface area contributed by atoms with Gasteiger partial charge in [0.2, 0.25) is 0 Å². The largest absolute Gasteiger partial charge is 0.293 e. The number of hydrogen-bond acceptors (Lipinski definition) is 2. The summed E-state index contributed by atoms with van der Waals surface area (Å²) >= 11 is 0. The molecule has 2 aromatic carbocycles. The van der Waals surface area contributed by atoms with Gasteiger partial charge in [-0.25, -0.2) is 0 Å². The molecule has 2 aromatic rings. The van der Waals surface area contributed by atoms with Crippen molar-refractivity contribution in [2.24, 2.45) is 0 Å². The monoisotopic (exact) mass is 348 g/mol. The first-order valence-corrected chi connectivity index (χ1v) is 10.4. The molecule has 26 heavy (non-hydrogen) atoms. The Labute approximate surface area is 158 Å². The maximum Gasteiger partial charge on any atom is 0.0380 e. The molecule has 1 unspecified atom stereocenters. The molecule has 1 aliphatic carbocycles. The summed E-state index contributed by atoms with van der Waals surface area (Å²) in [5, 5.41) is 0. The van der Waals surface area contributed by atoms with Crippen molar-refractivity contribution in [2.45, 2.75) is 70.2 Å². The van der Waals surface area contributed by atoms with Gasteiger partial charge in [-0.15, -0.1) is 0 Å². The Hall–Kier alpha value is -1.64. The molecule has 0 bridgehead atoms. The van der Waals surface area contributed by atoms with Crippen LogP contribution in [0.3, 0.4) is 0 Å². The molecule has 2 heteroatoms. The van der Waals surface area contributed by atoms with E-state index in [0.717, 1.165) is 25.2 Å². The van der Waals surface area contributed by atoms with E-state index in [9.17, 15) is 0 Å². The fourth-order valence-electron chi connectivity index (χ4n) is 4.65. The van der Waals surface area contributed by atoms with Crippen LogP contribution in [0.5, 0.6) is 0 Å². The summed E-state index contributed by atoms with van der Waals surface area (Å²) in [7, 11) is 0. The summed E-state index contributed by atoms with van der Waals surface area (Å²) in [4.78, 5) is 5.46. The molecular formula is C24H32N2. The van der Waals surface area contributed by atoms with Gasteiger partial charge in [0.1, 0.15) is 0 Å². The molecule has 2 aliphatic rings. The van der Waals surface area contributed by atoms with Crippen LogP contribution in [0.25, 0.3) is 0 Å². The Morgan fingerprint density at radius 1 is 0.846 bits per heavy atom. The zero-order chi connectivity index (χ0) is 17.8. The molecule has 2 fully saturated rings. The van der Waals surface area contributed by atoms with Gasteiger partial charge in [-0.3, -0.25) is 9.80 Å². The molecule has 0 amide bonds. The normalized spacial score (nSPS) is 24.5. The van der Waals surface area contributed by atoms with Gasteiger partial charge in [0, 0.05) is 37.8 Å². The third kappa shape index (κ3) is 4.36. The SMILES string of the molecule is C[C@@H]([C@@H]1CN1C1CCCCC1)N(Cc1ccccc1)Cc1ccccc1. The van der Waals surface area contributed by atoms with Gasteiger partial charge in [-0.2, -0.15) is 0 Å². The van der Waals surface area contributed by atoms with Gasteiger partial charge in [-0.05, 0) is 30.9 Å². The number of nitrogens with zero attached hydrogens (tertiary/aromatic N) is 2. The molecule has 1 heterocycles. The molecule has 138 valence electrons. The fraction of sp³-hybridized carbons (Fsp3) is 0.500. The Morgan fingerprint density at radius 3 is 1.92 bits per heavy atom. The Kier molecular flexibility index (Phi) is 5.72. The van der Waals surface area contributed by atoms with Crippen molar-refractivity contribution in [2.75, 3.05) is 6.54 Å². The van der Waals surface area contributed by atoms with Crippen LogP contribution in [-0.4, -0.2) is 34.5 Å². The van der Waals surface area contributed by atoms with Crippen LogP contribution in [0.4, 0.5) is 0 Å². The third-order valence-electron chi connectivity index (χ3n) is 6.32. The topological polar surface area (TPSA) is 6.25 Å². The Morgan fingerprint density at radius 2 is 1.38 bits per heavy atom. The summed E-state index contributed by atoms with van der Waals surface area (Å²) in [6.07, 6.45) is 7.14. The molecular weight excluding hydrogens is 316 g/mol. The average molecular weight is 349 g/mol. The lowest BCUT2D eigenvalue weighted by molar-refractivity contribution is 0.160. The van der Waals surface area contributed by atoms with Crippen molar-refractivity contribution < 1.29 is 0 Å². The van der Waals surface area contributed by atoms with Crippen LogP contribution in [0.1, 0.15) is 50.2 Å². The molecule has 2 nitrogen and oxygen atoms in total. The van der Waals surface area contributed by atoms with Crippen molar-refractivity contribution in [3.8, 4) is 0 Å². The van der Waals surface area contributed by atoms with E-state index in [0.29, 0.717) is 6.04 Å². The second-order valence-corrected chi connectivity index (χ2v) is 8.17.